The second-order valence-corrected chi connectivity index (χ2v) is 3.48. The van der Waals surface area contributed by atoms with Crippen LogP contribution >= 0.6 is 0 Å². The van der Waals surface area contributed by atoms with Crippen LogP contribution in [0, 0.1) is 5.92 Å². The summed E-state index contributed by atoms with van der Waals surface area (Å²) in [5.41, 5.74) is 1.48. The molecule has 1 fully saturated rings. The van der Waals surface area contributed by atoms with Crippen molar-refractivity contribution < 1.29 is 0 Å². The smallest absolute Gasteiger partial charge is 0.0493 e. The Bertz CT molecular complexity index is 238. The van der Waals surface area contributed by atoms with Crippen molar-refractivity contribution in [3.8, 4) is 0 Å². The van der Waals surface area contributed by atoms with Crippen LogP contribution in [-0.2, 0) is 0 Å². The van der Waals surface area contributed by atoms with Crippen LogP contribution in [0.25, 0.3) is 0 Å². The second-order valence-electron chi connectivity index (χ2n) is 3.48. The summed E-state index contributed by atoms with van der Waals surface area (Å²) in [6, 6.07) is 0. The number of allylic oxidation sites excluding steroid dienone is 2. The molecule has 2 rings (SSSR count). The molecule has 0 aromatic carbocycles. The monoisotopic (exact) mass is 162 g/mol. The van der Waals surface area contributed by atoms with Gasteiger partial charge in [0.25, 0.3) is 0 Å². The minimum atomic E-state index is 0.627. The van der Waals surface area contributed by atoms with Gasteiger partial charge in [0, 0.05) is 18.3 Å². The molecule has 0 radical (unpaired) electrons. The molecule has 1 unspecified atom stereocenters. The summed E-state index contributed by atoms with van der Waals surface area (Å²) in [4.78, 5) is 0. The van der Waals surface area contributed by atoms with Gasteiger partial charge in [0.15, 0.2) is 0 Å². The molecule has 0 saturated heterocycles. The Hall–Kier alpha value is -0.920. The van der Waals surface area contributed by atoms with Crippen molar-refractivity contribution in [3.05, 3.63) is 24.0 Å². The lowest BCUT2D eigenvalue weighted by molar-refractivity contribution is 0.642. The SMILES string of the molecule is C1=CC2CCCCCC2=CN=N1. The van der Waals surface area contributed by atoms with Gasteiger partial charge in [0.2, 0.25) is 0 Å². The van der Waals surface area contributed by atoms with E-state index in [2.05, 4.69) is 16.3 Å². The van der Waals surface area contributed by atoms with Gasteiger partial charge >= 0.3 is 0 Å². The summed E-state index contributed by atoms with van der Waals surface area (Å²) in [6.45, 7) is 0. The van der Waals surface area contributed by atoms with E-state index in [0.717, 1.165) is 0 Å². The van der Waals surface area contributed by atoms with Gasteiger partial charge in [0.1, 0.15) is 0 Å². The van der Waals surface area contributed by atoms with Crippen molar-refractivity contribution in [2.24, 2.45) is 16.1 Å². The van der Waals surface area contributed by atoms with Gasteiger partial charge in [-0.05, 0) is 24.8 Å². The van der Waals surface area contributed by atoms with E-state index in [0.29, 0.717) is 5.92 Å². The molecule has 0 amide bonds. The minimum Gasteiger partial charge on any atom is -0.159 e. The molecule has 0 N–H and O–H groups in total. The highest BCUT2D eigenvalue weighted by molar-refractivity contribution is 5.15. The Morgan fingerprint density at radius 2 is 2.17 bits per heavy atom. The first-order chi connectivity index (χ1) is 5.97. The van der Waals surface area contributed by atoms with Crippen LogP contribution < -0.4 is 0 Å². The first kappa shape index (κ1) is 7.71. The third-order valence-corrected chi connectivity index (χ3v) is 2.63. The average Bonchev–Trinajstić information content (AvgIpc) is 2.38. The van der Waals surface area contributed by atoms with Crippen molar-refractivity contribution >= 4 is 0 Å². The molecule has 2 aliphatic rings. The molecule has 1 atom stereocenters. The molecule has 2 nitrogen and oxygen atoms in total. The van der Waals surface area contributed by atoms with Crippen molar-refractivity contribution in [2.45, 2.75) is 32.1 Å². The van der Waals surface area contributed by atoms with E-state index in [1.54, 1.807) is 0 Å². The molecule has 1 aliphatic heterocycles. The summed E-state index contributed by atoms with van der Waals surface area (Å²) in [5, 5.41) is 7.87. The first-order valence-corrected chi connectivity index (χ1v) is 4.72. The maximum absolute atomic E-state index is 3.97. The average molecular weight is 162 g/mol. The highest BCUT2D eigenvalue weighted by Crippen LogP contribution is 2.30. The quantitative estimate of drug-likeness (QED) is 0.521. The van der Waals surface area contributed by atoms with Gasteiger partial charge in [0.05, 0.1) is 0 Å². The molecule has 1 aliphatic carbocycles. The predicted molar refractivity (Wildman–Crippen MR) is 48.7 cm³/mol. The van der Waals surface area contributed by atoms with Crippen molar-refractivity contribution in [2.75, 3.05) is 0 Å². The Labute approximate surface area is 73.1 Å². The maximum Gasteiger partial charge on any atom is 0.0493 e. The van der Waals surface area contributed by atoms with Crippen LogP contribution in [-0.4, -0.2) is 0 Å². The summed E-state index contributed by atoms with van der Waals surface area (Å²) in [5.74, 6) is 0.627. The molecular formula is C10H14N2. The zero-order valence-electron chi connectivity index (χ0n) is 7.24. The molecule has 64 valence electrons. The van der Waals surface area contributed by atoms with Crippen LogP contribution in [0.2, 0.25) is 0 Å². The van der Waals surface area contributed by atoms with Gasteiger partial charge in [-0.2, -0.15) is 10.2 Å². The summed E-state index contributed by atoms with van der Waals surface area (Å²) >= 11 is 0. The molecule has 12 heavy (non-hydrogen) atoms. The van der Waals surface area contributed by atoms with Crippen molar-refractivity contribution in [3.63, 3.8) is 0 Å². The lowest BCUT2D eigenvalue weighted by Gasteiger charge is -2.09. The van der Waals surface area contributed by atoms with Crippen molar-refractivity contribution in [1.29, 1.82) is 0 Å². The maximum atomic E-state index is 3.97. The zero-order valence-corrected chi connectivity index (χ0v) is 7.24. The fourth-order valence-corrected chi connectivity index (χ4v) is 1.91. The number of hydrogen-bond donors (Lipinski definition) is 0. The van der Waals surface area contributed by atoms with E-state index in [1.165, 1.54) is 37.7 Å². The van der Waals surface area contributed by atoms with Gasteiger partial charge in [-0.25, -0.2) is 0 Å². The summed E-state index contributed by atoms with van der Waals surface area (Å²) < 4.78 is 0. The molecule has 1 saturated carbocycles. The second kappa shape index (κ2) is 3.65. The van der Waals surface area contributed by atoms with Gasteiger partial charge in [-0.1, -0.05) is 18.9 Å². The Morgan fingerprint density at radius 1 is 1.17 bits per heavy atom. The highest BCUT2D eigenvalue weighted by atomic mass is 15.1. The fraction of sp³-hybridized carbons (Fsp3) is 0.600. The van der Waals surface area contributed by atoms with Gasteiger partial charge in [-0.3, -0.25) is 0 Å². The Morgan fingerprint density at radius 3 is 3.17 bits per heavy atom. The van der Waals surface area contributed by atoms with Crippen molar-refractivity contribution in [1.82, 2.24) is 0 Å². The number of azo groups is 1. The molecule has 2 heteroatoms. The lowest BCUT2D eigenvalue weighted by atomic mass is 9.95. The fourth-order valence-electron chi connectivity index (χ4n) is 1.91. The predicted octanol–water partition coefficient (Wildman–Crippen LogP) is 3.43. The van der Waals surface area contributed by atoms with Crippen LogP contribution in [0.3, 0.4) is 0 Å². The molecule has 0 aromatic rings. The molecule has 1 heterocycles. The van der Waals surface area contributed by atoms with Gasteiger partial charge in [-0.15, -0.1) is 0 Å². The molecular weight excluding hydrogens is 148 g/mol. The largest absolute Gasteiger partial charge is 0.159 e. The van der Waals surface area contributed by atoms with Crippen LogP contribution in [0.15, 0.2) is 34.3 Å². The van der Waals surface area contributed by atoms with Crippen LogP contribution in [0.4, 0.5) is 0 Å². The molecule has 0 aromatic heterocycles. The summed E-state index contributed by atoms with van der Waals surface area (Å²) in [6.07, 6.45) is 12.5. The van der Waals surface area contributed by atoms with Gasteiger partial charge < -0.3 is 0 Å². The zero-order chi connectivity index (χ0) is 8.23. The van der Waals surface area contributed by atoms with Crippen LogP contribution in [0.1, 0.15) is 32.1 Å². The number of rotatable bonds is 0. The van der Waals surface area contributed by atoms with E-state index in [9.17, 15) is 0 Å². The summed E-state index contributed by atoms with van der Waals surface area (Å²) in [7, 11) is 0. The molecule has 0 spiro atoms. The lowest BCUT2D eigenvalue weighted by Crippen LogP contribution is -1.97. The third kappa shape index (κ3) is 1.63. The van der Waals surface area contributed by atoms with E-state index in [1.807, 2.05) is 12.4 Å². The van der Waals surface area contributed by atoms with Crippen LogP contribution in [0.5, 0.6) is 0 Å². The normalized spacial score (nSPS) is 28.7. The minimum absolute atomic E-state index is 0.627. The van der Waals surface area contributed by atoms with E-state index in [4.69, 9.17) is 0 Å². The molecule has 0 bridgehead atoms. The number of nitrogens with zero attached hydrogens (tertiary/aromatic N) is 2. The first-order valence-electron chi connectivity index (χ1n) is 4.72. The highest BCUT2D eigenvalue weighted by Gasteiger charge is 2.15. The standard InChI is InChI=1S/C10H14N2/c1-2-4-9-6-7-11-12-8-10(9)5-3-1/h6-9H,1-5H2. The Kier molecular flexibility index (Phi) is 2.35. The van der Waals surface area contributed by atoms with E-state index >= 15 is 0 Å². The third-order valence-electron chi connectivity index (χ3n) is 2.63. The van der Waals surface area contributed by atoms with E-state index in [-0.39, 0.29) is 0 Å². The number of hydrogen-bond acceptors (Lipinski definition) is 2. The Balaban J connectivity index is 2.19. The topological polar surface area (TPSA) is 24.7 Å². The van der Waals surface area contributed by atoms with E-state index < -0.39 is 0 Å². The number of fused-ring (bicyclic) bond motifs is 1.